The number of benzene rings is 1. The van der Waals surface area contributed by atoms with Crippen molar-refractivity contribution in [3.05, 3.63) is 29.8 Å². The SMILES string of the molecule is CCCCCCCCCCCCCCc1ccc(OCC(COP(=O)(O)CCC[N+](C)(C)C)OC(C)=O)cc1. The molecule has 0 aliphatic carbocycles. The van der Waals surface area contributed by atoms with E-state index in [4.69, 9.17) is 14.0 Å². The monoisotopic (exact) mass is 570 g/mol. The number of ether oxygens (including phenoxy) is 2. The minimum Gasteiger partial charge on any atom is -0.490 e. The Bertz CT molecular complexity index is 808. The van der Waals surface area contributed by atoms with Gasteiger partial charge in [0.2, 0.25) is 0 Å². The molecule has 0 spiro atoms. The number of hydrogen-bond acceptors (Lipinski definition) is 5. The predicted octanol–water partition coefficient (Wildman–Crippen LogP) is 7.54. The zero-order chi connectivity index (χ0) is 29.0. The van der Waals surface area contributed by atoms with Gasteiger partial charge in [0, 0.05) is 13.3 Å². The van der Waals surface area contributed by atoms with Crippen LogP contribution in [0.5, 0.6) is 5.75 Å². The molecule has 2 unspecified atom stereocenters. The van der Waals surface area contributed by atoms with Crippen molar-refractivity contribution >= 4 is 13.6 Å². The van der Waals surface area contributed by atoms with E-state index in [9.17, 15) is 14.3 Å². The molecule has 39 heavy (non-hydrogen) atoms. The first-order chi connectivity index (χ1) is 18.5. The number of carbonyl (C=O) groups excluding carboxylic acids is 1. The number of aryl methyl sites for hydroxylation is 1. The molecule has 0 aromatic heterocycles. The highest BCUT2D eigenvalue weighted by Gasteiger charge is 2.24. The van der Waals surface area contributed by atoms with Gasteiger partial charge < -0.3 is 23.4 Å². The van der Waals surface area contributed by atoms with Crippen LogP contribution in [0.15, 0.2) is 24.3 Å². The second-order valence-electron chi connectivity index (χ2n) is 11.8. The first-order valence-corrected chi connectivity index (χ1v) is 16.9. The van der Waals surface area contributed by atoms with Crippen LogP contribution in [0.4, 0.5) is 0 Å². The molecule has 2 atom stereocenters. The lowest BCUT2D eigenvalue weighted by Gasteiger charge is -2.24. The van der Waals surface area contributed by atoms with Crippen molar-refractivity contribution < 1.29 is 32.7 Å². The maximum atomic E-state index is 12.4. The van der Waals surface area contributed by atoms with Gasteiger partial charge in [-0.2, -0.15) is 0 Å². The second kappa shape index (κ2) is 20.5. The van der Waals surface area contributed by atoms with Crippen molar-refractivity contribution in [3.8, 4) is 5.75 Å². The van der Waals surface area contributed by atoms with Gasteiger partial charge in [0.05, 0.1) is 40.5 Å². The summed E-state index contributed by atoms with van der Waals surface area (Å²) in [5.74, 6) is 0.184. The second-order valence-corrected chi connectivity index (χ2v) is 13.8. The third kappa shape index (κ3) is 21.1. The van der Waals surface area contributed by atoms with Crippen LogP contribution in [0.25, 0.3) is 0 Å². The van der Waals surface area contributed by atoms with E-state index in [0.29, 0.717) is 16.7 Å². The molecular weight excluding hydrogens is 513 g/mol. The molecule has 1 N–H and O–H groups in total. The third-order valence-corrected chi connectivity index (χ3v) is 8.18. The summed E-state index contributed by atoms with van der Waals surface area (Å²) in [4.78, 5) is 21.6. The topological polar surface area (TPSA) is 82.1 Å². The summed E-state index contributed by atoms with van der Waals surface area (Å²) in [6, 6.07) is 7.98. The lowest BCUT2D eigenvalue weighted by atomic mass is 10.0. The Balaban J connectivity index is 2.27. The first-order valence-electron chi connectivity index (χ1n) is 15.2. The van der Waals surface area contributed by atoms with Gasteiger partial charge in [0.15, 0.2) is 6.10 Å². The average Bonchev–Trinajstić information content (AvgIpc) is 2.86. The van der Waals surface area contributed by atoms with Crippen LogP contribution in [-0.2, 0) is 25.0 Å². The van der Waals surface area contributed by atoms with Gasteiger partial charge in [0.25, 0.3) is 0 Å². The lowest BCUT2D eigenvalue weighted by Crippen LogP contribution is -2.35. The quantitative estimate of drug-likeness (QED) is 0.0598. The van der Waals surface area contributed by atoms with Crippen LogP contribution in [0.3, 0.4) is 0 Å². The largest absolute Gasteiger partial charge is 0.490 e. The molecule has 8 heteroatoms. The predicted molar refractivity (Wildman–Crippen MR) is 160 cm³/mol. The molecule has 1 aromatic carbocycles. The fourth-order valence-corrected chi connectivity index (χ4v) is 5.54. The van der Waals surface area contributed by atoms with Gasteiger partial charge in [-0.05, 0) is 30.5 Å². The normalized spacial score (nSPS) is 14.1. The first kappa shape index (κ1) is 35.6. The molecule has 0 aliphatic rings. The Morgan fingerprint density at radius 3 is 1.90 bits per heavy atom. The van der Waals surface area contributed by atoms with Crippen molar-refractivity contribution in [1.29, 1.82) is 0 Å². The summed E-state index contributed by atoms with van der Waals surface area (Å²) in [6.07, 6.45) is 17.1. The highest BCUT2D eigenvalue weighted by molar-refractivity contribution is 7.52. The van der Waals surface area contributed by atoms with E-state index in [1.165, 1.54) is 89.5 Å². The van der Waals surface area contributed by atoms with Crippen LogP contribution < -0.4 is 4.74 Å². The number of quaternary nitrogens is 1. The summed E-state index contributed by atoms with van der Waals surface area (Å²) in [5.41, 5.74) is 1.28. The molecule has 226 valence electrons. The van der Waals surface area contributed by atoms with Crippen LogP contribution in [0, 0.1) is 0 Å². The highest BCUT2D eigenvalue weighted by atomic mass is 31.2. The van der Waals surface area contributed by atoms with Gasteiger partial charge in [-0.25, -0.2) is 0 Å². The maximum Gasteiger partial charge on any atom is 0.328 e. The van der Waals surface area contributed by atoms with Crippen molar-refractivity contribution in [2.75, 3.05) is 47.1 Å². The fraction of sp³-hybridized carbons (Fsp3) is 0.774. The molecule has 0 heterocycles. The number of carbonyl (C=O) groups is 1. The zero-order valence-corrected chi connectivity index (χ0v) is 26.4. The Morgan fingerprint density at radius 1 is 0.846 bits per heavy atom. The van der Waals surface area contributed by atoms with E-state index in [-0.39, 0.29) is 19.4 Å². The molecule has 0 fully saturated rings. The molecule has 0 bridgehead atoms. The average molecular weight is 571 g/mol. The third-order valence-electron chi connectivity index (χ3n) is 6.74. The molecule has 0 amide bonds. The highest BCUT2D eigenvalue weighted by Crippen LogP contribution is 2.42. The Morgan fingerprint density at radius 2 is 1.38 bits per heavy atom. The molecule has 7 nitrogen and oxygen atoms in total. The van der Waals surface area contributed by atoms with Gasteiger partial charge in [0.1, 0.15) is 12.4 Å². The number of unbranched alkanes of at least 4 members (excludes halogenated alkanes) is 11. The van der Waals surface area contributed by atoms with E-state index in [1.807, 2.05) is 33.3 Å². The summed E-state index contributed by atoms with van der Waals surface area (Å²) in [5, 5.41) is 0. The van der Waals surface area contributed by atoms with Crippen molar-refractivity contribution in [3.63, 3.8) is 0 Å². The molecule has 0 saturated heterocycles. The standard InChI is InChI=1S/C31H56NO6P/c1-6-7-8-9-10-11-12-13-14-15-16-17-19-29-20-22-30(23-21-29)36-26-31(38-28(2)33)27-37-39(34,35)25-18-24-32(3,4)5/h20-23,31H,6-19,24-27H2,1-5H3/p+1. The number of esters is 1. The van der Waals surface area contributed by atoms with E-state index >= 15 is 0 Å². The summed E-state index contributed by atoms with van der Waals surface area (Å²) >= 11 is 0. The van der Waals surface area contributed by atoms with Gasteiger partial charge in [-0.15, -0.1) is 0 Å². The summed E-state index contributed by atoms with van der Waals surface area (Å²) in [6.45, 7) is 4.20. The molecule has 1 aromatic rings. The summed E-state index contributed by atoms with van der Waals surface area (Å²) in [7, 11) is 2.33. The van der Waals surface area contributed by atoms with Crippen LogP contribution in [0.1, 0.15) is 103 Å². The summed E-state index contributed by atoms with van der Waals surface area (Å²) < 4.78 is 29.4. The van der Waals surface area contributed by atoms with Crippen molar-refractivity contribution in [1.82, 2.24) is 0 Å². The minimum atomic E-state index is -3.76. The van der Waals surface area contributed by atoms with E-state index < -0.39 is 19.7 Å². The van der Waals surface area contributed by atoms with E-state index in [2.05, 4.69) is 19.1 Å². The molecule has 0 aliphatic heterocycles. The molecule has 0 radical (unpaired) electrons. The Kier molecular flexibility index (Phi) is 18.7. The minimum absolute atomic E-state index is 0.0521. The van der Waals surface area contributed by atoms with E-state index in [1.54, 1.807) is 0 Å². The zero-order valence-electron chi connectivity index (χ0n) is 25.5. The Labute approximate surface area is 238 Å². The lowest BCUT2D eigenvalue weighted by molar-refractivity contribution is -0.870. The van der Waals surface area contributed by atoms with Gasteiger partial charge in [-0.3, -0.25) is 9.36 Å². The van der Waals surface area contributed by atoms with Crippen molar-refractivity contribution in [2.45, 2.75) is 110 Å². The molecule has 0 saturated carbocycles. The number of rotatable bonds is 24. The molecular formula is C31H57NO6P+. The van der Waals surface area contributed by atoms with E-state index in [0.717, 1.165) is 13.0 Å². The van der Waals surface area contributed by atoms with Gasteiger partial charge in [-0.1, -0.05) is 89.7 Å². The fourth-order valence-electron chi connectivity index (χ4n) is 4.47. The van der Waals surface area contributed by atoms with Crippen LogP contribution in [0.2, 0.25) is 0 Å². The maximum absolute atomic E-state index is 12.4. The van der Waals surface area contributed by atoms with Crippen LogP contribution >= 0.6 is 7.60 Å². The van der Waals surface area contributed by atoms with Gasteiger partial charge >= 0.3 is 13.6 Å². The van der Waals surface area contributed by atoms with Crippen LogP contribution in [-0.4, -0.2) is 68.5 Å². The Hall–Kier alpha value is -1.40. The molecule has 1 rings (SSSR count). The number of hydrogen-bond donors (Lipinski definition) is 1. The van der Waals surface area contributed by atoms with Crippen molar-refractivity contribution in [2.24, 2.45) is 0 Å². The number of nitrogens with zero attached hydrogens (tertiary/aromatic N) is 1. The smallest absolute Gasteiger partial charge is 0.328 e.